The Hall–Kier alpha value is -3.53. The molecule has 0 spiro atoms. The van der Waals surface area contributed by atoms with E-state index in [1.165, 1.54) is 36.4 Å². The van der Waals surface area contributed by atoms with Gasteiger partial charge in [-0.2, -0.15) is 26.3 Å². The second-order valence-electron chi connectivity index (χ2n) is 6.88. The van der Waals surface area contributed by atoms with Gasteiger partial charge in [-0.25, -0.2) is 21.6 Å². The smallest absolute Gasteiger partial charge is 0.463 e. The molecule has 0 aromatic heterocycles. The fraction of sp³-hybridized carbons (Fsp3) is 0.190. The number of rotatable bonds is 9. The molecule has 2 aromatic carbocycles. The maximum atomic E-state index is 13.3. The summed E-state index contributed by atoms with van der Waals surface area (Å²) in [6.45, 7) is 1.69. The van der Waals surface area contributed by atoms with Gasteiger partial charge in [-0.05, 0) is 42.8 Å². The number of sulfone groups is 2. The molecule has 2 aromatic rings. The Kier molecular flexibility index (Phi) is 9.03. The van der Waals surface area contributed by atoms with Crippen molar-refractivity contribution in [3.8, 4) is 0 Å². The van der Waals surface area contributed by atoms with Crippen molar-refractivity contribution in [3.63, 3.8) is 0 Å². The van der Waals surface area contributed by atoms with Gasteiger partial charge in [0, 0.05) is 17.5 Å². The lowest BCUT2D eigenvalue weighted by molar-refractivity contribution is -0.137. The van der Waals surface area contributed by atoms with E-state index in [-0.39, 0.29) is 18.0 Å². The van der Waals surface area contributed by atoms with Crippen molar-refractivity contribution in [2.24, 2.45) is 0 Å². The molecule has 0 saturated heterocycles. The Morgan fingerprint density at radius 1 is 0.811 bits per heavy atom. The summed E-state index contributed by atoms with van der Waals surface area (Å²) in [5.41, 5.74) is -13.0. The number of halogens is 6. The summed E-state index contributed by atoms with van der Waals surface area (Å²) in [6.07, 6.45) is 2.34. The highest BCUT2D eigenvalue weighted by Gasteiger charge is 2.61. The molecule has 0 saturated carbocycles. The number of nitrogens with one attached hydrogen (secondary N) is 2. The predicted octanol–water partition coefficient (Wildman–Crippen LogP) is 4.78. The largest absolute Gasteiger partial charge is 0.502 e. The second kappa shape index (κ2) is 11.2. The normalized spacial score (nSPS) is 12.7. The van der Waals surface area contributed by atoms with E-state index in [0.29, 0.717) is 5.56 Å². The van der Waals surface area contributed by atoms with Gasteiger partial charge in [0.25, 0.3) is 19.7 Å². The average molecular weight is 573 g/mol. The van der Waals surface area contributed by atoms with Crippen LogP contribution in [0.4, 0.5) is 37.7 Å². The van der Waals surface area contributed by atoms with Gasteiger partial charge in [-0.3, -0.25) is 0 Å². The number of para-hydroxylation sites is 1. The summed E-state index contributed by atoms with van der Waals surface area (Å²) in [5, 5.41) is 3.98. The van der Waals surface area contributed by atoms with Crippen LogP contribution in [-0.2, 0) is 29.2 Å². The quantitative estimate of drug-likeness (QED) is 0.250. The summed E-state index contributed by atoms with van der Waals surface area (Å²) >= 11 is 0. The van der Waals surface area contributed by atoms with Gasteiger partial charge < -0.3 is 15.4 Å². The molecule has 37 heavy (non-hydrogen) atoms. The Morgan fingerprint density at radius 3 is 1.70 bits per heavy atom. The van der Waals surface area contributed by atoms with E-state index in [1.807, 2.05) is 10.6 Å². The van der Waals surface area contributed by atoms with E-state index in [1.54, 1.807) is 6.92 Å². The van der Waals surface area contributed by atoms with E-state index < -0.39 is 46.7 Å². The minimum Gasteiger partial charge on any atom is -0.463 e. The van der Waals surface area contributed by atoms with E-state index >= 15 is 0 Å². The van der Waals surface area contributed by atoms with Crippen molar-refractivity contribution in [2.75, 3.05) is 17.2 Å². The first-order valence-corrected chi connectivity index (χ1v) is 12.9. The van der Waals surface area contributed by atoms with E-state index in [0.717, 1.165) is 30.3 Å². The fourth-order valence-corrected chi connectivity index (χ4v) is 5.48. The molecule has 0 heterocycles. The molecule has 0 fully saturated rings. The third kappa shape index (κ3) is 7.25. The Morgan fingerprint density at radius 2 is 1.27 bits per heavy atom. The van der Waals surface area contributed by atoms with Gasteiger partial charge in [0.15, 0.2) is 0 Å². The van der Waals surface area contributed by atoms with Gasteiger partial charge in [-0.15, -0.1) is 0 Å². The van der Waals surface area contributed by atoms with Crippen LogP contribution in [0.25, 0.3) is 6.08 Å². The number of benzene rings is 2. The van der Waals surface area contributed by atoms with Crippen LogP contribution in [0, 0.1) is 0 Å². The first-order chi connectivity index (χ1) is 17.0. The standard InChI is InChI=1S/C21H18F6N2O6S2/c1-2-35-17(30)13-10-14-8-11-16(12-9-14)29-18(28-15-6-4-3-5-7-15)19(36(31,32)20(22,23)24)37(33,34)21(25,26)27/h3-13,28-29H,2H2,1H3/b13-10+. The summed E-state index contributed by atoms with van der Waals surface area (Å²) in [5.74, 6) is -2.29. The van der Waals surface area contributed by atoms with Crippen LogP contribution in [0.3, 0.4) is 0 Å². The number of hydrogen-bond acceptors (Lipinski definition) is 8. The van der Waals surface area contributed by atoms with Crippen molar-refractivity contribution >= 4 is 43.1 Å². The van der Waals surface area contributed by atoms with Crippen LogP contribution < -0.4 is 10.6 Å². The minimum absolute atomic E-state index is 0.111. The van der Waals surface area contributed by atoms with Crippen molar-refractivity contribution in [1.82, 2.24) is 0 Å². The number of carbonyl (C=O) groups is 1. The molecule has 0 aliphatic heterocycles. The zero-order valence-corrected chi connectivity index (χ0v) is 20.2. The number of ether oxygens (including phenoxy) is 1. The zero-order chi connectivity index (χ0) is 28.1. The number of anilines is 2. The Bertz CT molecular complexity index is 1340. The van der Waals surface area contributed by atoms with E-state index in [2.05, 4.69) is 0 Å². The third-order valence-electron chi connectivity index (χ3n) is 4.22. The van der Waals surface area contributed by atoms with Crippen LogP contribution >= 0.6 is 0 Å². The van der Waals surface area contributed by atoms with Crippen LogP contribution in [-0.4, -0.2) is 40.4 Å². The monoisotopic (exact) mass is 572 g/mol. The average Bonchev–Trinajstić information content (AvgIpc) is 2.77. The van der Waals surface area contributed by atoms with Crippen LogP contribution in [0.2, 0.25) is 0 Å². The lowest BCUT2D eigenvalue weighted by Crippen LogP contribution is -2.37. The van der Waals surface area contributed by atoms with E-state index in [4.69, 9.17) is 4.74 Å². The van der Waals surface area contributed by atoms with Gasteiger partial charge in [-0.1, -0.05) is 30.3 Å². The molecule has 0 amide bonds. The molecule has 2 N–H and O–H groups in total. The number of carbonyl (C=O) groups excluding carboxylic acids is 1. The molecule has 0 atom stereocenters. The lowest BCUT2D eigenvalue weighted by atomic mass is 10.2. The first-order valence-electron chi connectivity index (χ1n) is 9.91. The van der Waals surface area contributed by atoms with E-state index in [9.17, 15) is 48.0 Å². The Balaban J connectivity index is 2.71. The van der Waals surface area contributed by atoms with Crippen LogP contribution in [0.15, 0.2) is 70.7 Å². The molecular weight excluding hydrogens is 554 g/mol. The maximum Gasteiger partial charge on any atom is 0.502 e. The maximum absolute atomic E-state index is 13.3. The Labute approximate surface area is 207 Å². The first kappa shape index (κ1) is 29.7. The molecule has 16 heteroatoms. The van der Waals surface area contributed by atoms with Crippen molar-refractivity contribution in [1.29, 1.82) is 0 Å². The molecule has 8 nitrogen and oxygen atoms in total. The molecule has 0 aliphatic rings. The number of alkyl halides is 6. The predicted molar refractivity (Wildman–Crippen MR) is 123 cm³/mol. The lowest BCUT2D eigenvalue weighted by Gasteiger charge is -2.21. The SMILES string of the molecule is CCOC(=O)/C=C/c1ccc(NC(Nc2ccccc2)=C(S(=O)(=O)C(F)(F)F)S(=O)(=O)C(F)(F)F)cc1. The van der Waals surface area contributed by atoms with Crippen molar-refractivity contribution in [2.45, 2.75) is 17.9 Å². The summed E-state index contributed by atoms with van der Waals surface area (Å²) in [7, 11) is -14.1. The molecular formula is C21H18F6N2O6S2. The zero-order valence-electron chi connectivity index (χ0n) is 18.6. The van der Waals surface area contributed by atoms with Gasteiger partial charge in [0.05, 0.1) is 6.61 Å². The fourth-order valence-electron chi connectivity index (χ4n) is 2.60. The van der Waals surface area contributed by atoms with Gasteiger partial charge >= 0.3 is 17.0 Å². The molecule has 0 unspecified atom stereocenters. The number of hydrogen-bond donors (Lipinski definition) is 2. The summed E-state index contributed by atoms with van der Waals surface area (Å²) in [4.78, 5) is 11.4. The summed E-state index contributed by atoms with van der Waals surface area (Å²) in [6, 6.07) is 11.0. The molecule has 0 aliphatic carbocycles. The topological polar surface area (TPSA) is 119 Å². The minimum atomic E-state index is -7.07. The third-order valence-corrected chi connectivity index (χ3v) is 8.14. The molecule has 202 valence electrons. The number of esters is 1. The molecule has 0 radical (unpaired) electrons. The van der Waals surface area contributed by atoms with Crippen molar-refractivity contribution < 1.29 is 52.7 Å². The van der Waals surface area contributed by atoms with Gasteiger partial charge in [0.2, 0.25) is 4.24 Å². The molecule has 2 rings (SSSR count). The molecule has 0 bridgehead atoms. The highest BCUT2D eigenvalue weighted by Crippen LogP contribution is 2.40. The van der Waals surface area contributed by atoms with Crippen molar-refractivity contribution in [3.05, 3.63) is 76.3 Å². The van der Waals surface area contributed by atoms with Crippen LogP contribution in [0.1, 0.15) is 12.5 Å². The highest BCUT2D eigenvalue weighted by molar-refractivity contribution is 8.15. The van der Waals surface area contributed by atoms with Crippen LogP contribution in [0.5, 0.6) is 0 Å². The second-order valence-corrected chi connectivity index (χ2v) is 10.9. The van der Waals surface area contributed by atoms with Gasteiger partial charge in [0.1, 0.15) is 5.82 Å². The summed E-state index contributed by atoms with van der Waals surface area (Å²) < 4.78 is 130. The highest BCUT2D eigenvalue weighted by atomic mass is 32.3.